The molecular formula is C16H22N2O. The number of hydrogen-bond donors (Lipinski definition) is 1. The van der Waals surface area contributed by atoms with Crippen LogP contribution >= 0.6 is 0 Å². The van der Waals surface area contributed by atoms with E-state index in [2.05, 4.69) is 46.4 Å². The minimum atomic E-state index is 0.118. The highest BCUT2D eigenvalue weighted by Gasteiger charge is 2.08. The number of aromatic nitrogens is 1. The van der Waals surface area contributed by atoms with Crippen molar-refractivity contribution in [3.63, 3.8) is 0 Å². The van der Waals surface area contributed by atoms with Gasteiger partial charge in [0.15, 0.2) is 0 Å². The molecule has 0 saturated carbocycles. The molecular weight excluding hydrogens is 236 g/mol. The van der Waals surface area contributed by atoms with Gasteiger partial charge in [0.25, 0.3) is 0 Å². The molecule has 0 aliphatic rings. The van der Waals surface area contributed by atoms with E-state index in [1.54, 1.807) is 0 Å². The van der Waals surface area contributed by atoms with E-state index < -0.39 is 0 Å². The molecule has 1 aromatic heterocycles. The Morgan fingerprint density at radius 3 is 2.89 bits per heavy atom. The molecule has 1 N–H and O–H groups in total. The van der Waals surface area contributed by atoms with Crippen LogP contribution in [0.1, 0.15) is 26.7 Å². The largest absolute Gasteiger partial charge is 0.356 e. The van der Waals surface area contributed by atoms with E-state index in [0.29, 0.717) is 0 Å². The van der Waals surface area contributed by atoms with Crippen molar-refractivity contribution in [1.82, 2.24) is 9.88 Å². The predicted molar refractivity (Wildman–Crippen MR) is 79.0 cm³/mol. The first-order chi connectivity index (χ1) is 9.22. The van der Waals surface area contributed by atoms with Crippen LogP contribution in [0.5, 0.6) is 0 Å². The lowest BCUT2D eigenvalue weighted by atomic mass is 10.1. The van der Waals surface area contributed by atoms with Gasteiger partial charge in [0, 0.05) is 30.7 Å². The summed E-state index contributed by atoms with van der Waals surface area (Å²) in [6.45, 7) is 5.69. The molecule has 0 aliphatic carbocycles. The van der Waals surface area contributed by atoms with Gasteiger partial charge in [-0.05, 0) is 30.4 Å². The van der Waals surface area contributed by atoms with Gasteiger partial charge in [0.2, 0.25) is 5.91 Å². The van der Waals surface area contributed by atoms with Gasteiger partial charge in [0.05, 0.1) is 0 Å². The highest BCUT2D eigenvalue weighted by atomic mass is 16.1. The topological polar surface area (TPSA) is 34.0 Å². The summed E-state index contributed by atoms with van der Waals surface area (Å²) in [5.74, 6) is 0.285. The van der Waals surface area contributed by atoms with Crippen molar-refractivity contribution in [3.8, 4) is 0 Å². The minimum absolute atomic E-state index is 0.118. The number of rotatable bonds is 6. The Bertz CT molecular complexity index is 544. The Morgan fingerprint density at radius 2 is 2.11 bits per heavy atom. The monoisotopic (exact) mass is 258 g/mol. The van der Waals surface area contributed by atoms with Crippen LogP contribution < -0.4 is 5.32 Å². The highest BCUT2D eigenvalue weighted by molar-refractivity contribution is 5.80. The van der Waals surface area contributed by atoms with Crippen LogP contribution in [-0.4, -0.2) is 17.0 Å². The Hall–Kier alpha value is -1.77. The van der Waals surface area contributed by atoms with E-state index >= 15 is 0 Å². The second-order valence-electron chi connectivity index (χ2n) is 5.02. The van der Waals surface area contributed by atoms with Crippen molar-refractivity contribution in [2.45, 2.75) is 33.2 Å². The molecule has 2 rings (SSSR count). The lowest BCUT2D eigenvalue weighted by molar-refractivity contribution is -0.124. The number of fused-ring (bicyclic) bond motifs is 1. The summed E-state index contributed by atoms with van der Waals surface area (Å²) in [4.78, 5) is 11.6. The van der Waals surface area contributed by atoms with Crippen LogP contribution in [0, 0.1) is 5.92 Å². The highest BCUT2D eigenvalue weighted by Crippen LogP contribution is 2.15. The molecule has 0 fully saturated rings. The number of nitrogens with zero attached hydrogens (tertiary/aromatic N) is 1. The van der Waals surface area contributed by atoms with Crippen LogP contribution in [0.25, 0.3) is 10.9 Å². The lowest BCUT2D eigenvalue weighted by Gasteiger charge is -2.10. The maximum Gasteiger partial charge on any atom is 0.222 e. The summed E-state index contributed by atoms with van der Waals surface area (Å²) < 4.78 is 2.24. The van der Waals surface area contributed by atoms with Gasteiger partial charge in [-0.15, -0.1) is 0 Å². The number of hydrogen-bond acceptors (Lipinski definition) is 1. The molecule has 1 heterocycles. The SMILES string of the molecule is CCC(C)C(=O)NCCCn1ccc2ccccc21. The van der Waals surface area contributed by atoms with Gasteiger partial charge in [-0.3, -0.25) is 4.79 Å². The van der Waals surface area contributed by atoms with E-state index in [0.717, 1.165) is 25.9 Å². The molecule has 1 atom stereocenters. The summed E-state index contributed by atoms with van der Waals surface area (Å²) in [6.07, 6.45) is 3.97. The molecule has 0 saturated heterocycles. The molecule has 0 spiro atoms. The average Bonchev–Trinajstić information content (AvgIpc) is 2.86. The quantitative estimate of drug-likeness (QED) is 0.793. The minimum Gasteiger partial charge on any atom is -0.356 e. The number of nitrogens with one attached hydrogen (secondary N) is 1. The van der Waals surface area contributed by atoms with E-state index in [4.69, 9.17) is 0 Å². The van der Waals surface area contributed by atoms with Gasteiger partial charge in [-0.1, -0.05) is 32.0 Å². The third-order valence-corrected chi connectivity index (χ3v) is 3.62. The normalized spacial score (nSPS) is 12.5. The smallest absolute Gasteiger partial charge is 0.222 e. The summed E-state index contributed by atoms with van der Waals surface area (Å²) in [6, 6.07) is 10.5. The van der Waals surface area contributed by atoms with E-state index in [1.165, 1.54) is 10.9 Å². The molecule has 19 heavy (non-hydrogen) atoms. The average molecular weight is 258 g/mol. The third kappa shape index (κ3) is 3.37. The first-order valence-corrected chi connectivity index (χ1v) is 7.04. The molecule has 102 valence electrons. The second kappa shape index (κ2) is 6.41. The second-order valence-corrected chi connectivity index (χ2v) is 5.02. The Kier molecular flexibility index (Phi) is 4.61. The summed E-state index contributed by atoms with van der Waals surface area (Å²) >= 11 is 0. The standard InChI is InChI=1S/C16H22N2O/c1-3-13(2)16(19)17-10-6-11-18-12-9-14-7-4-5-8-15(14)18/h4-5,7-9,12-13H,3,6,10-11H2,1-2H3,(H,17,19). The molecule has 0 aliphatic heterocycles. The van der Waals surface area contributed by atoms with Crippen molar-refractivity contribution in [2.24, 2.45) is 5.92 Å². The zero-order valence-corrected chi connectivity index (χ0v) is 11.7. The van der Waals surface area contributed by atoms with Gasteiger partial charge < -0.3 is 9.88 Å². The molecule has 0 radical (unpaired) electrons. The maximum atomic E-state index is 11.6. The number of carbonyl (C=O) groups excluding carboxylic acids is 1. The van der Waals surface area contributed by atoms with Crippen LogP contribution in [0.4, 0.5) is 0 Å². The molecule has 1 unspecified atom stereocenters. The first-order valence-electron chi connectivity index (χ1n) is 7.04. The number of para-hydroxylation sites is 1. The summed E-state index contributed by atoms with van der Waals surface area (Å²) in [5, 5.41) is 4.26. The molecule has 2 aromatic rings. The van der Waals surface area contributed by atoms with Crippen molar-refractivity contribution < 1.29 is 4.79 Å². The number of benzene rings is 1. The lowest BCUT2D eigenvalue weighted by Crippen LogP contribution is -2.30. The maximum absolute atomic E-state index is 11.6. The van der Waals surface area contributed by atoms with Gasteiger partial charge in [-0.25, -0.2) is 0 Å². The fourth-order valence-corrected chi connectivity index (χ4v) is 2.16. The zero-order valence-electron chi connectivity index (χ0n) is 11.7. The number of aryl methyl sites for hydroxylation is 1. The fourth-order valence-electron chi connectivity index (χ4n) is 2.16. The predicted octanol–water partition coefficient (Wildman–Crippen LogP) is 3.19. The van der Waals surface area contributed by atoms with Crippen LogP contribution in [0.3, 0.4) is 0 Å². The van der Waals surface area contributed by atoms with E-state index in [-0.39, 0.29) is 11.8 Å². The van der Waals surface area contributed by atoms with Crippen molar-refractivity contribution >= 4 is 16.8 Å². The van der Waals surface area contributed by atoms with Gasteiger partial charge in [0.1, 0.15) is 0 Å². The summed E-state index contributed by atoms with van der Waals surface area (Å²) in [7, 11) is 0. The molecule has 3 heteroatoms. The van der Waals surface area contributed by atoms with Gasteiger partial charge >= 0.3 is 0 Å². The van der Waals surface area contributed by atoms with Crippen LogP contribution in [0.2, 0.25) is 0 Å². The van der Waals surface area contributed by atoms with Crippen LogP contribution in [-0.2, 0) is 11.3 Å². The molecule has 0 bridgehead atoms. The third-order valence-electron chi connectivity index (χ3n) is 3.62. The Morgan fingerprint density at radius 1 is 1.32 bits per heavy atom. The van der Waals surface area contributed by atoms with E-state index in [1.807, 2.05) is 13.8 Å². The Labute approximate surface area is 114 Å². The number of amides is 1. The van der Waals surface area contributed by atoms with Crippen molar-refractivity contribution in [3.05, 3.63) is 36.5 Å². The molecule has 3 nitrogen and oxygen atoms in total. The molecule has 1 amide bonds. The first kappa shape index (κ1) is 13.7. The Balaban J connectivity index is 1.82. The number of carbonyl (C=O) groups is 1. The van der Waals surface area contributed by atoms with Gasteiger partial charge in [-0.2, -0.15) is 0 Å². The van der Waals surface area contributed by atoms with E-state index in [9.17, 15) is 4.79 Å². The molecule has 1 aromatic carbocycles. The summed E-state index contributed by atoms with van der Waals surface area (Å²) in [5.41, 5.74) is 1.26. The van der Waals surface area contributed by atoms with Crippen LogP contribution in [0.15, 0.2) is 36.5 Å². The van der Waals surface area contributed by atoms with Crippen molar-refractivity contribution in [1.29, 1.82) is 0 Å². The fraction of sp³-hybridized carbons (Fsp3) is 0.438. The van der Waals surface area contributed by atoms with Crippen molar-refractivity contribution in [2.75, 3.05) is 6.54 Å². The zero-order chi connectivity index (χ0) is 13.7.